The monoisotopic (exact) mass is 421 g/mol. The van der Waals surface area contributed by atoms with Gasteiger partial charge in [-0.25, -0.2) is 0 Å². The third-order valence-corrected chi connectivity index (χ3v) is 8.00. The van der Waals surface area contributed by atoms with Gasteiger partial charge in [0.15, 0.2) is 0 Å². The molecule has 3 rings (SSSR count). The van der Waals surface area contributed by atoms with Gasteiger partial charge in [-0.2, -0.15) is 0 Å². The molecule has 0 amide bonds. The molecule has 0 aromatic carbocycles. The molecule has 115 valence electrons. The van der Waals surface area contributed by atoms with Crippen molar-refractivity contribution in [1.29, 1.82) is 0 Å². The molecule has 3 heterocycles. The smallest absolute Gasteiger partial charge is 0.145 e. The van der Waals surface area contributed by atoms with Crippen molar-refractivity contribution in [2.45, 2.75) is 19.9 Å². The van der Waals surface area contributed by atoms with Gasteiger partial charge in [-0.15, -0.1) is 46.2 Å². The first-order valence-corrected chi connectivity index (χ1v) is 9.77. The summed E-state index contributed by atoms with van der Waals surface area (Å²) in [6, 6.07) is 7.82. The number of hydrogen-bond donors (Lipinski definition) is 0. The van der Waals surface area contributed by atoms with Crippen molar-refractivity contribution in [3.8, 4) is 0 Å². The fraction of sp³-hybridized carbons (Fsp3) is 0.154. The van der Waals surface area contributed by atoms with E-state index in [0.29, 0.717) is 0 Å². The molecular weight excluding hydrogens is 412 g/mol. The number of thioether (sulfide) groups is 2. The van der Waals surface area contributed by atoms with Crippen LogP contribution in [0.25, 0.3) is 0 Å². The average Bonchev–Trinajstić information content (AvgIpc) is 3.16. The maximum atomic E-state index is 5.36. The molecule has 0 fully saturated rings. The SMILES string of the molecule is S=c1sc(SCc2ccco2)c(SCc2ccco2)s1.[Cu]. The van der Waals surface area contributed by atoms with Crippen LogP contribution < -0.4 is 0 Å². The van der Waals surface area contributed by atoms with Crippen LogP contribution >= 0.6 is 58.4 Å². The maximum Gasteiger partial charge on any atom is 0.145 e. The Morgan fingerprint density at radius 3 is 1.76 bits per heavy atom. The molecule has 0 saturated heterocycles. The Morgan fingerprint density at radius 1 is 0.905 bits per heavy atom. The predicted molar refractivity (Wildman–Crippen MR) is 89.6 cm³/mol. The van der Waals surface area contributed by atoms with Gasteiger partial charge in [0.05, 0.1) is 32.5 Å². The van der Waals surface area contributed by atoms with E-state index in [0.717, 1.165) is 26.2 Å². The summed E-state index contributed by atoms with van der Waals surface area (Å²) < 4.78 is 14.2. The van der Waals surface area contributed by atoms with E-state index in [4.69, 9.17) is 21.1 Å². The van der Waals surface area contributed by atoms with E-state index in [1.54, 1.807) is 58.7 Å². The number of hydrogen-bond acceptors (Lipinski definition) is 7. The number of rotatable bonds is 6. The summed E-state index contributed by atoms with van der Waals surface area (Å²) in [4.78, 5) is 0. The Bertz CT molecular complexity index is 641. The van der Waals surface area contributed by atoms with Crippen LogP contribution in [0.3, 0.4) is 0 Å². The molecule has 3 aromatic heterocycles. The maximum absolute atomic E-state index is 5.36. The van der Waals surface area contributed by atoms with Crippen molar-refractivity contribution in [1.82, 2.24) is 0 Å². The Labute approximate surface area is 154 Å². The van der Waals surface area contributed by atoms with Crippen LogP contribution in [0.5, 0.6) is 0 Å². The zero-order chi connectivity index (χ0) is 13.8. The van der Waals surface area contributed by atoms with Gasteiger partial charge in [0.1, 0.15) is 14.7 Å². The second-order valence-electron chi connectivity index (χ2n) is 3.77. The summed E-state index contributed by atoms with van der Waals surface area (Å²) >= 11 is 12.2. The van der Waals surface area contributed by atoms with Crippen LogP contribution in [-0.4, -0.2) is 0 Å². The summed E-state index contributed by atoms with van der Waals surface area (Å²) in [7, 11) is 0. The van der Waals surface area contributed by atoms with Gasteiger partial charge in [0.2, 0.25) is 0 Å². The van der Waals surface area contributed by atoms with E-state index in [-0.39, 0.29) is 17.1 Å². The second-order valence-corrected chi connectivity index (χ2v) is 9.48. The molecule has 0 atom stereocenters. The zero-order valence-corrected chi connectivity index (χ0v) is 15.6. The van der Waals surface area contributed by atoms with Crippen molar-refractivity contribution in [2.24, 2.45) is 0 Å². The van der Waals surface area contributed by atoms with Crippen LogP contribution in [-0.2, 0) is 28.6 Å². The van der Waals surface area contributed by atoms with E-state index in [2.05, 4.69) is 0 Å². The molecule has 0 N–H and O–H groups in total. The van der Waals surface area contributed by atoms with E-state index in [9.17, 15) is 0 Å². The second kappa shape index (κ2) is 8.62. The van der Waals surface area contributed by atoms with Gasteiger partial charge < -0.3 is 8.83 Å². The first-order valence-electron chi connectivity index (χ1n) is 5.75. The summed E-state index contributed by atoms with van der Waals surface area (Å²) in [5, 5.41) is 0. The van der Waals surface area contributed by atoms with Crippen molar-refractivity contribution in [3.63, 3.8) is 0 Å². The normalized spacial score (nSPS) is 10.5. The van der Waals surface area contributed by atoms with E-state index < -0.39 is 0 Å². The zero-order valence-electron chi connectivity index (χ0n) is 10.5. The van der Waals surface area contributed by atoms with Gasteiger partial charge in [-0.3, -0.25) is 0 Å². The van der Waals surface area contributed by atoms with Crippen molar-refractivity contribution >= 4 is 58.4 Å². The molecule has 0 unspecified atom stereocenters. The molecule has 21 heavy (non-hydrogen) atoms. The minimum Gasteiger partial charge on any atom is -0.468 e. The topological polar surface area (TPSA) is 26.3 Å². The Hall–Kier alpha value is 0.0495. The minimum atomic E-state index is 0. The first-order chi connectivity index (χ1) is 9.81. The average molecular weight is 422 g/mol. The molecule has 8 heteroatoms. The molecule has 0 spiro atoms. The Kier molecular flexibility index (Phi) is 7.15. The summed E-state index contributed by atoms with van der Waals surface area (Å²) in [6.45, 7) is 0. The van der Waals surface area contributed by atoms with Crippen LogP contribution in [0.2, 0.25) is 0 Å². The standard InChI is InChI=1S/C13H10O2S5.Cu/c16-13-19-11(17-7-9-3-1-5-14-9)12(20-13)18-8-10-4-2-6-15-10;/h1-6H,7-8H2;. The molecular formula is C13H10CuO2S5. The summed E-state index contributed by atoms with van der Waals surface area (Å²) in [5.74, 6) is 3.65. The van der Waals surface area contributed by atoms with Gasteiger partial charge in [0.25, 0.3) is 0 Å². The minimum absolute atomic E-state index is 0. The van der Waals surface area contributed by atoms with E-state index in [1.807, 2.05) is 24.3 Å². The number of furan rings is 2. The fourth-order valence-electron chi connectivity index (χ4n) is 1.50. The molecule has 0 bridgehead atoms. The molecule has 0 saturated carbocycles. The summed E-state index contributed by atoms with van der Waals surface area (Å²) in [5.41, 5.74) is 0. The molecule has 2 nitrogen and oxygen atoms in total. The van der Waals surface area contributed by atoms with Crippen LogP contribution in [0.1, 0.15) is 11.5 Å². The van der Waals surface area contributed by atoms with Gasteiger partial charge in [0, 0.05) is 17.1 Å². The largest absolute Gasteiger partial charge is 0.468 e. The first kappa shape index (κ1) is 17.4. The van der Waals surface area contributed by atoms with Gasteiger partial charge >= 0.3 is 0 Å². The molecule has 0 aliphatic carbocycles. The summed E-state index contributed by atoms with van der Waals surface area (Å²) in [6.07, 6.45) is 3.41. The molecule has 0 aliphatic heterocycles. The molecule has 0 aliphatic rings. The third-order valence-electron chi connectivity index (χ3n) is 2.37. The van der Waals surface area contributed by atoms with Crippen molar-refractivity contribution in [2.75, 3.05) is 0 Å². The van der Waals surface area contributed by atoms with Gasteiger partial charge in [-0.05, 0) is 24.3 Å². The van der Waals surface area contributed by atoms with Crippen LogP contribution in [0.4, 0.5) is 0 Å². The Morgan fingerprint density at radius 2 is 1.38 bits per heavy atom. The van der Waals surface area contributed by atoms with E-state index in [1.165, 1.54) is 8.42 Å². The third kappa shape index (κ3) is 5.03. The Balaban J connectivity index is 0.00000161. The van der Waals surface area contributed by atoms with Crippen LogP contribution in [0, 0.1) is 3.14 Å². The molecule has 3 aromatic rings. The van der Waals surface area contributed by atoms with Crippen molar-refractivity contribution in [3.05, 3.63) is 51.4 Å². The van der Waals surface area contributed by atoms with E-state index >= 15 is 0 Å². The van der Waals surface area contributed by atoms with Crippen molar-refractivity contribution < 1.29 is 25.9 Å². The van der Waals surface area contributed by atoms with Crippen LogP contribution in [0.15, 0.2) is 54.0 Å². The predicted octanol–water partition coefficient (Wildman–Crippen LogP) is 6.31. The quantitative estimate of drug-likeness (QED) is 0.264. The molecule has 1 radical (unpaired) electrons. The fourth-order valence-corrected chi connectivity index (χ4v) is 7.41. The van der Waals surface area contributed by atoms with Gasteiger partial charge in [-0.1, -0.05) is 12.2 Å².